The van der Waals surface area contributed by atoms with Crippen molar-refractivity contribution in [3.8, 4) is 5.75 Å². The van der Waals surface area contributed by atoms with E-state index in [0.29, 0.717) is 34.7 Å². The van der Waals surface area contributed by atoms with Gasteiger partial charge in [0.15, 0.2) is 5.78 Å². The van der Waals surface area contributed by atoms with Crippen molar-refractivity contribution in [3.05, 3.63) is 92.3 Å². The molecule has 2 unspecified atom stereocenters. The molecule has 4 rings (SSSR count). The number of nitro benzene ring substituents is 1. The number of esters is 1. The summed E-state index contributed by atoms with van der Waals surface area (Å²) in [5.41, 5.74) is 3.25. The van der Waals surface area contributed by atoms with Crippen molar-refractivity contribution in [2.75, 3.05) is 20.3 Å². The number of benzene rings is 2. The molecule has 2 atom stereocenters. The maximum Gasteiger partial charge on any atom is 0.336 e. The van der Waals surface area contributed by atoms with Crippen LogP contribution in [0.25, 0.3) is 0 Å². The van der Waals surface area contributed by atoms with Crippen LogP contribution in [0, 0.1) is 10.1 Å². The zero-order chi connectivity index (χ0) is 27.4. The molecule has 0 aromatic heterocycles. The summed E-state index contributed by atoms with van der Waals surface area (Å²) in [5.74, 6) is -0.932. The molecule has 0 spiro atoms. The molecule has 9 nitrogen and oxygen atoms in total. The lowest BCUT2D eigenvalue weighted by atomic mass is 9.71. The Hall–Kier alpha value is -3.98. The molecule has 2 aliphatic rings. The lowest BCUT2D eigenvalue weighted by Crippen LogP contribution is -2.36. The smallest absolute Gasteiger partial charge is 0.336 e. The van der Waals surface area contributed by atoms with Crippen molar-refractivity contribution in [2.24, 2.45) is 0 Å². The van der Waals surface area contributed by atoms with E-state index in [1.165, 1.54) is 12.1 Å². The van der Waals surface area contributed by atoms with E-state index < -0.39 is 16.8 Å². The Bertz CT molecular complexity index is 1310. The van der Waals surface area contributed by atoms with Crippen molar-refractivity contribution in [1.29, 1.82) is 0 Å². The van der Waals surface area contributed by atoms with Crippen molar-refractivity contribution in [3.63, 3.8) is 0 Å². The van der Waals surface area contributed by atoms with E-state index in [1.807, 2.05) is 38.1 Å². The predicted molar refractivity (Wildman–Crippen MR) is 141 cm³/mol. The minimum atomic E-state index is -0.796. The van der Waals surface area contributed by atoms with Gasteiger partial charge in [-0.2, -0.15) is 0 Å². The third kappa shape index (κ3) is 5.62. The number of ether oxygens (including phenoxy) is 3. The van der Waals surface area contributed by atoms with E-state index >= 15 is 0 Å². The van der Waals surface area contributed by atoms with Crippen molar-refractivity contribution in [1.82, 2.24) is 5.32 Å². The number of non-ortho nitro benzene ring substituents is 1. The van der Waals surface area contributed by atoms with Crippen LogP contribution in [-0.2, 0) is 19.1 Å². The highest BCUT2D eigenvalue weighted by molar-refractivity contribution is 6.04. The van der Waals surface area contributed by atoms with Crippen LogP contribution in [0.15, 0.2) is 71.1 Å². The van der Waals surface area contributed by atoms with E-state index in [0.717, 1.165) is 5.56 Å². The van der Waals surface area contributed by atoms with Gasteiger partial charge in [-0.15, -0.1) is 0 Å². The lowest BCUT2D eigenvalue weighted by molar-refractivity contribution is -0.384. The first-order valence-corrected chi connectivity index (χ1v) is 12.6. The number of dihydropyridines is 1. The van der Waals surface area contributed by atoms with E-state index in [4.69, 9.17) is 14.2 Å². The molecule has 1 heterocycles. The molecule has 38 heavy (non-hydrogen) atoms. The molecule has 1 aliphatic heterocycles. The van der Waals surface area contributed by atoms with Crippen LogP contribution in [0.4, 0.5) is 5.69 Å². The predicted octanol–water partition coefficient (Wildman–Crippen LogP) is 4.93. The number of allylic oxidation sites excluding steroid dienone is 3. The highest BCUT2D eigenvalue weighted by atomic mass is 16.6. The van der Waals surface area contributed by atoms with Gasteiger partial charge in [-0.05, 0) is 44.4 Å². The van der Waals surface area contributed by atoms with E-state index in [9.17, 15) is 19.7 Å². The molecule has 0 bridgehead atoms. The fraction of sp³-hybridized carbons (Fsp3) is 0.379. The SMILES string of the molecule is COc1ccccc1C1CC(=O)C2=C(C1)NC(C)=C(C(=O)OCCOC(C)C)C2c1cccc([N+](=O)[O-])c1. The second kappa shape index (κ2) is 11.6. The van der Waals surface area contributed by atoms with Crippen LogP contribution in [0.1, 0.15) is 56.6 Å². The quantitative estimate of drug-likeness (QED) is 0.214. The van der Waals surface area contributed by atoms with Crippen molar-refractivity contribution in [2.45, 2.75) is 51.6 Å². The Labute approximate surface area is 221 Å². The molecule has 0 radical (unpaired) electrons. The molecule has 2 aromatic rings. The maximum atomic E-state index is 13.8. The first-order valence-electron chi connectivity index (χ1n) is 12.6. The number of methoxy groups -OCH3 is 1. The summed E-state index contributed by atoms with van der Waals surface area (Å²) < 4.78 is 16.5. The summed E-state index contributed by atoms with van der Waals surface area (Å²) in [4.78, 5) is 38.2. The summed E-state index contributed by atoms with van der Waals surface area (Å²) in [5, 5.41) is 14.8. The number of nitro groups is 1. The topological polar surface area (TPSA) is 117 Å². The molecule has 1 N–H and O–H groups in total. The average molecular weight is 521 g/mol. The first kappa shape index (κ1) is 27.1. The van der Waals surface area contributed by atoms with Crippen LogP contribution in [0.3, 0.4) is 0 Å². The van der Waals surface area contributed by atoms with Gasteiger partial charge in [0, 0.05) is 47.4 Å². The van der Waals surface area contributed by atoms with Gasteiger partial charge in [-0.1, -0.05) is 30.3 Å². The lowest BCUT2D eigenvalue weighted by Gasteiger charge is -2.37. The number of carbonyl (C=O) groups excluding carboxylic acids is 2. The minimum absolute atomic E-state index is 0.00706. The molecule has 0 saturated carbocycles. The standard InChI is InChI=1S/C29H32N2O7/c1-17(2)37-12-13-38-29(33)26-18(3)30-23-15-20(22-10-5-6-11-25(22)36-4)16-24(32)28(23)27(26)19-8-7-9-21(14-19)31(34)35/h5-11,14,17,20,27,30H,12-13,15-16H2,1-4H3. The molecule has 0 fully saturated rings. The van der Waals surface area contributed by atoms with Gasteiger partial charge in [0.25, 0.3) is 5.69 Å². The maximum absolute atomic E-state index is 13.8. The monoisotopic (exact) mass is 520 g/mol. The number of Topliss-reactive ketones (excluding diaryl/α,β-unsaturated/α-hetero) is 1. The summed E-state index contributed by atoms with van der Waals surface area (Å²) in [7, 11) is 1.60. The van der Waals surface area contributed by atoms with Crippen molar-refractivity contribution >= 4 is 17.4 Å². The average Bonchev–Trinajstić information content (AvgIpc) is 2.89. The summed E-state index contributed by atoms with van der Waals surface area (Å²) in [6.07, 6.45) is 0.734. The van der Waals surface area contributed by atoms with Crippen LogP contribution in [0.2, 0.25) is 0 Å². The number of para-hydroxylation sites is 1. The number of nitrogens with zero attached hydrogens (tertiary/aromatic N) is 1. The second-order valence-corrected chi connectivity index (χ2v) is 9.67. The Kier molecular flexibility index (Phi) is 8.26. The van der Waals surface area contributed by atoms with Crippen LogP contribution < -0.4 is 10.1 Å². The summed E-state index contributed by atoms with van der Waals surface area (Å²) in [6, 6.07) is 13.7. The fourth-order valence-electron chi connectivity index (χ4n) is 5.18. The highest BCUT2D eigenvalue weighted by Gasteiger charge is 2.42. The number of hydrogen-bond acceptors (Lipinski definition) is 8. The van der Waals surface area contributed by atoms with E-state index in [-0.39, 0.29) is 48.7 Å². The minimum Gasteiger partial charge on any atom is -0.496 e. The number of carbonyl (C=O) groups is 2. The van der Waals surface area contributed by atoms with Gasteiger partial charge in [-0.25, -0.2) is 4.79 Å². The Morgan fingerprint density at radius 1 is 1.13 bits per heavy atom. The van der Waals surface area contributed by atoms with Crippen LogP contribution in [0.5, 0.6) is 5.75 Å². The first-order chi connectivity index (χ1) is 18.2. The molecule has 9 heteroatoms. The Morgan fingerprint density at radius 3 is 2.61 bits per heavy atom. The van der Waals surface area contributed by atoms with Crippen molar-refractivity contribution < 1.29 is 28.7 Å². The van der Waals surface area contributed by atoms with E-state index in [1.54, 1.807) is 26.2 Å². The second-order valence-electron chi connectivity index (χ2n) is 9.67. The van der Waals surface area contributed by atoms with Crippen LogP contribution >= 0.6 is 0 Å². The largest absolute Gasteiger partial charge is 0.496 e. The van der Waals surface area contributed by atoms with Gasteiger partial charge < -0.3 is 19.5 Å². The summed E-state index contributed by atoms with van der Waals surface area (Å²) >= 11 is 0. The van der Waals surface area contributed by atoms with Gasteiger partial charge in [0.2, 0.25) is 0 Å². The Morgan fingerprint density at radius 2 is 1.89 bits per heavy atom. The van der Waals surface area contributed by atoms with Gasteiger partial charge in [0.05, 0.1) is 30.3 Å². The number of rotatable bonds is 9. The van der Waals surface area contributed by atoms with Gasteiger partial charge in [0.1, 0.15) is 12.4 Å². The number of ketones is 1. The molecular weight excluding hydrogens is 488 g/mol. The zero-order valence-corrected chi connectivity index (χ0v) is 22.0. The number of hydrogen-bond donors (Lipinski definition) is 1. The number of nitrogens with one attached hydrogen (secondary N) is 1. The van der Waals surface area contributed by atoms with Crippen LogP contribution in [-0.4, -0.2) is 43.1 Å². The van der Waals surface area contributed by atoms with Gasteiger partial charge >= 0.3 is 5.97 Å². The molecule has 0 amide bonds. The Balaban J connectivity index is 1.74. The molecule has 2 aromatic carbocycles. The molecular formula is C29H32N2O7. The highest BCUT2D eigenvalue weighted by Crippen LogP contribution is 2.47. The molecule has 0 saturated heterocycles. The summed E-state index contributed by atoms with van der Waals surface area (Å²) in [6.45, 7) is 5.81. The third-order valence-electron chi connectivity index (χ3n) is 6.81. The fourth-order valence-corrected chi connectivity index (χ4v) is 5.18. The molecule has 200 valence electrons. The zero-order valence-electron chi connectivity index (χ0n) is 22.0. The molecule has 1 aliphatic carbocycles. The van der Waals surface area contributed by atoms with Gasteiger partial charge in [-0.3, -0.25) is 14.9 Å². The van der Waals surface area contributed by atoms with E-state index in [2.05, 4.69) is 5.32 Å². The third-order valence-corrected chi connectivity index (χ3v) is 6.81. The normalized spacial score (nSPS) is 19.2.